The van der Waals surface area contributed by atoms with Gasteiger partial charge in [0.05, 0.1) is 17.2 Å². The molecule has 0 saturated carbocycles. The highest BCUT2D eigenvalue weighted by Gasteiger charge is 2.50. The Kier molecular flexibility index (Phi) is 5.72. The second kappa shape index (κ2) is 8.53. The number of pyridine rings is 1. The van der Waals surface area contributed by atoms with Crippen LogP contribution >= 0.6 is 0 Å². The van der Waals surface area contributed by atoms with E-state index in [0.717, 1.165) is 5.56 Å². The lowest BCUT2D eigenvalue weighted by Gasteiger charge is -2.37. The quantitative estimate of drug-likeness (QED) is 0.440. The highest BCUT2D eigenvalue weighted by molar-refractivity contribution is 7.92. The van der Waals surface area contributed by atoms with Crippen LogP contribution < -0.4 is 10.3 Å². The highest BCUT2D eigenvalue weighted by Crippen LogP contribution is 2.40. The molecule has 0 spiro atoms. The summed E-state index contributed by atoms with van der Waals surface area (Å²) < 4.78 is 45.2. The zero-order valence-corrected chi connectivity index (χ0v) is 20.8. The molecule has 2 aromatic carbocycles. The zero-order chi connectivity index (χ0) is 25.8. The fraction of sp³-hybridized carbons (Fsp3) is 0.259. The van der Waals surface area contributed by atoms with Crippen LogP contribution in [0.4, 0.5) is 4.39 Å². The van der Waals surface area contributed by atoms with Crippen molar-refractivity contribution in [3.8, 4) is 17.0 Å². The molecule has 9 heteroatoms. The van der Waals surface area contributed by atoms with E-state index in [9.17, 15) is 22.7 Å². The molecule has 1 aliphatic rings. The van der Waals surface area contributed by atoms with Crippen molar-refractivity contribution in [3.63, 3.8) is 0 Å². The molecule has 3 heterocycles. The molecule has 1 atom stereocenters. The lowest BCUT2D eigenvalue weighted by molar-refractivity contribution is 0.0637. The van der Waals surface area contributed by atoms with Crippen molar-refractivity contribution >= 4 is 15.5 Å². The summed E-state index contributed by atoms with van der Waals surface area (Å²) in [5, 5.41) is 10.9. The molecule has 0 radical (unpaired) electrons. The summed E-state index contributed by atoms with van der Waals surface area (Å²) in [6, 6.07) is 14.6. The van der Waals surface area contributed by atoms with Crippen LogP contribution in [0.2, 0.25) is 0 Å². The van der Waals surface area contributed by atoms with Gasteiger partial charge in [-0.1, -0.05) is 30.3 Å². The average molecular weight is 509 g/mol. The molecule has 1 fully saturated rings. The maximum atomic E-state index is 13.9. The van der Waals surface area contributed by atoms with E-state index in [2.05, 4.69) is 0 Å². The second-order valence-electron chi connectivity index (χ2n) is 9.39. The van der Waals surface area contributed by atoms with Crippen molar-refractivity contribution in [1.29, 1.82) is 0 Å². The van der Waals surface area contributed by atoms with Crippen molar-refractivity contribution in [3.05, 3.63) is 99.2 Å². The predicted octanol–water partition coefficient (Wildman–Crippen LogP) is 3.87. The Balaban J connectivity index is 1.61. The first kappa shape index (κ1) is 24.1. The maximum absolute atomic E-state index is 13.9. The number of sulfone groups is 1. The van der Waals surface area contributed by atoms with E-state index in [0.29, 0.717) is 39.3 Å². The Morgan fingerprint density at radius 1 is 1.11 bits per heavy atom. The van der Waals surface area contributed by atoms with E-state index in [1.54, 1.807) is 56.4 Å². The number of aromatic nitrogens is 2. The number of rotatable bonds is 5. The summed E-state index contributed by atoms with van der Waals surface area (Å²) in [5.74, 6) is -0.811. The number of benzene rings is 2. The Morgan fingerprint density at radius 3 is 2.53 bits per heavy atom. The topological polar surface area (TPSA) is 98.0 Å². The molecule has 36 heavy (non-hydrogen) atoms. The van der Waals surface area contributed by atoms with E-state index < -0.39 is 27.4 Å². The number of hydrogen-bond donors (Lipinski definition) is 1. The predicted molar refractivity (Wildman–Crippen MR) is 134 cm³/mol. The molecular formula is C27H25FN2O5S. The smallest absolute Gasteiger partial charge is 0.261 e. The van der Waals surface area contributed by atoms with E-state index in [4.69, 9.17) is 9.72 Å². The average Bonchev–Trinajstić information content (AvgIpc) is 2.80. The molecule has 1 aliphatic heterocycles. The minimum absolute atomic E-state index is 0.272. The molecule has 5 rings (SSSR count). The van der Waals surface area contributed by atoms with Gasteiger partial charge in [-0.2, -0.15) is 0 Å². The number of nitrogens with zero attached hydrogens (tertiary/aromatic N) is 2. The molecule has 0 aliphatic carbocycles. The van der Waals surface area contributed by atoms with E-state index in [-0.39, 0.29) is 17.1 Å². The summed E-state index contributed by atoms with van der Waals surface area (Å²) in [4.78, 5) is 18.0. The largest absolute Gasteiger partial charge is 0.485 e. The van der Waals surface area contributed by atoms with Crippen LogP contribution in [0.15, 0.2) is 65.6 Å². The fourth-order valence-corrected chi connectivity index (χ4v) is 6.44. The minimum atomic E-state index is -3.29. The Morgan fingerprint density at radius 2 is 1.83 bits per heavy atom. The number of para-hydroxylation sites is 1. The molecule has 7 nitrogen and oxygen atoms in total. The van der Waals surface area contributed by atoms with Crippen molar-refractivity contribution in [2.75, 3.05) is 11.5 Å². The van der Waals surface area contributed by atoms with Gasteiger partial charge in [0.25, 0.3) is 5.56 Å². The van der Waals surface area contributed by atoms with E-state index in [1.165, 1.54) is 16.5 Å². The van der Waals surface area contributed by atoms with Crippen LogP contribution in [-0.2, 0) is 15.4 Å². The number of aryl methyl sites for hydroxylation is 1. The third-order valence-electron chi connectivity index (χ3n) is 6.46. The fourth-order valence-electron chi connectivity index (χ4n) is 4.76. The van der Waals surface area contributed by atoms with Crippen LogP contribution in [0.1, 0.15) is 35.3 Å². The third-order valence-corrected chi connectivity index (χ3v) is 8.30. The third kappa shape index (κ3) is 4.18. The van der Waals surface area contributed by atoms with Gasteiger partial charge in [-0.15, -0.1) is 0 Å². The molecular weight excluding hydrogens is 483 g/mol. The summed E-state index contributed by atoms with van der Waals surface area (Å²) in [6.07, 6.45) is 1.08. The van der Waals surface area contributed by atoms with Crippen LogP contribution in [0, 0.1) is 19.7 Å². The monoisotopic (exact) mass is 508 g/mol. The van der Waals surface area contributed by atoms with Gasteiger partial charge in [0.2, 0.25) is 0 Å². The van der Waals surface area contributed by atoms with Crippen LogP contribution in [0.25, 0.3) is 16.9 Å². The van der Waals surface area contributed by atoms with Gasteiger partial charge in [0, 0.05) is 28.5 Å². The molecule has 186 valence electrons. The molecule has 0 amide bonds. The number of halogens is 1. The summed E-state index contributed by atoms with van der Waals surface area (Å²) in [6.45, 7) is 5.31. The van der Waals surface area contributed by atoms with Gasteiger partial charge in [0.15, 0.2) is 9.84 Å². The molecule has 1 N–H and O–H groups in total. The van der Waals surface area contributed by atoms with Gasteiger partial charge in [0.1, 0.15) is 28.9 Å². The molecule has 0 bridgehead atoms. The van der Waals surface area contributed by atoms with Gasteiger partial charge in [-0.05, 0) is 50.6 Å². The van der Waals surface area contributed by atoms with Crippen molar-refractivity contribution in [1.82, 2.24) is 9.38 Å². The molecule has 1 saturated heterocycles. The normalized spacial score (nSPS) is 16.9. The van der Waals surface area contributed by atoms with Crippen molar-refractivity contribution in [2.24, 2.45) is 0 Å². The molecule has 4 aromatic rings. The van der Waals surface area contributed by atoms with Gasteiger partial charge in [-0.3, -0.25) is 9.20 Å². The Hall–Kier alpha value is -3.56. The first-order chi connectivity index (χ1) is 17.0. The molecule has 1 unspecified atom stereocenters. The van der Waals surface area contributed by atoms with Crippen molar-refractivity contribution in [2.45, 2.75) is 32.5 Å². The second-order valence-corrected chi connectivity index (χ2v) is 11.5. The SMILES string of the molecule is Cc1cc(C(C)Oc2ccccc2C2(O)CS(=O)(=O)C2)c2nc(-c3cccc(F)c3)c(C)c(=O)n2c1. The Bertz CT molecular complexity index is 1670. The number of ether oxygens (including phenoxy) is 1. The van der Waals surface area contributed by atoms with Crippen molar-refractivity contribution < 1.29 is 22.7 Å². The maximum Gasteiger partial charge on any atom is 0.261 e. The molecule has 2 aromatic heterocycles. The van der Waals surface area contributed by atoms with E-state index >= 15 is 0 Å². The lowest BCUT2D eigenvalue weighted by atomic mass is 9.96. The zero-order valence-electron chi connectivity index (χ0n) is 20.0. The summed E-state index contributed by atoms with van der Waals surface area (Å²) in [7, 11) is -3.29. The summed E-state index contributed by atoms with van der Waals surface area (Å²) in [5.41, 5.74) is 1.67. The highest BCUT2D eigenvalue weighted by atomic mass is 32.2. The van der Waals surface area contributed by atoms with Gasteiger partial charge >= 0.3 is 0 Å². The van der Waals surface area contributed by atoms with Crippen LogP contribution in [0.3, 0.4) is 0 Å². The Labute approximate surface area is 207 Å². The summed E-state index contributed by atoms with van der Waals surface area (Å²) >= 11 is 0. The lowest BCUT2D eigenvalue weighted by Crippen LogP contribution is -2.52. The van der Waals surface area contributed by atoms with Crippen LogP contribution in [0.5, 0.6) is 5.75 Å². The number of hydrogen-bond acceptors (Lipinski definition) is 6. The number of aliphatic hydroxyl groups is 1. The first-order valence-corrected chi connectivity index (χ1v) is 13.3. The first-order valence-electron chi connectivity index (χ1n) is 11.5. The minimum Gasteiger partial charge on any atom is -0.485 e. The standard InChI is InChI=1S/C27H25FN2O5S/c1-16-11-21(18(3)35-23-10-5-4-9-22(23)27(32)14-36(33,34)15-27)25-29-24(17(2)26(31)30(25)13-16)19-7-6-8-20(28)12-19/h4-13,18,32H,14-15H2,1-3H3. The van der Waals surface area contributed by atoms with Gasteiger partial charge < -0.3 is 9.84 Å². The number of fused-ring (bicyclic) bond motifs is 1. The van der Waals surface area contributed by atoms with Gasteiger partial charge in [-0.25, -0.2) is 17.8 Å². The van der Waals surface area contributed by atoms with Crippen LogP contribution in [-0.4, -0.2) is 34.4 Å². The van der Waals surface area contributed by atoms with E-state index in [1.807, 2.05) is 13.0 Å².